The maximum Gasteiger partial charge on any atom is 0.252 e. The molecule has 0 aliphatic carbocycles. The molecule has 1 aromatic carbocycles. The molecule has 1 N–H and O–H groups in total. The summed E-state index contributed by atoms with van der Waals surface area (Å²) < 4.78 is 0.785. The first-order valence-electron chi connectivity index (χ1n) is 4.59. The van der Waals surface area contributed by atoms with Crippen molar-refractivity contribution in [1.29, 1.82) is 0 Å². The van der Waals surface area contributed by atoms with Crippen LogP contribution in [0.15, 0.2) is 28.7 Å². The van der Waals surface area contributed by atoms with Crippen molar-refractivity contribution >= 4 is 33.4 Å². The van der Waals surface area contributed by atoms with Gasteiger partial charge in [-0.05, 0) is 41.9 Å². The molecule has 0 atom stereocenters. The Labute approximate surface area is 103 Å². The van der Waals surface area contributed by atoms with Crippen molar-refractivity contribution in [3.63, 3.8) is 0 Å². The smallest absolute Gasteiger partial charge is 0.252 e. The maximum atomic E-state index is 11.8. The minimum atomic E-state index is -0.395. The summed E-state index contributed by atoms with van der Waals surface area (Å²) in [5, 5.41) is 2.86. The van der Waals surface area contributed by atoms with Crippen molar-refractivity contribution in [2.75, 3.05) is 5.88 Å². The highest BCUT2D eigenvalue weighted by Gasteiger charge is 2.20. The van der Waals surface area contributed by atoms with E-state index in [1.165, 1.54) is 0 Å². The maximum absolute atomic E-state index is 11.8. The standard InChI is InChI=1S/C11H13BrClNO/c1-11(2,7-13)14-10(15)8-5-3-4-6-9(8)12/h3-6H,7H2,1-2H3,(H,14,15). The highest BCUT2D eigenvalue weighted by molar-refractivity contribution is 9.10. The van der Waals surface area contributed by atoms with Crippen molar-refractivity contribution in [2.24, 2.45) is 0 Å². The van der Waals surface area contributed by atoms with Crippen LogP contribution in [0.3, 0.4) is 0 Å². The molecule has 0 heterocycles. The summed E-state index contributed by atoms with van der Waals surface area (Å²) in [6, 6.07) is 7.30. The lowest BCUT2D eigenvalue weighted by atomic mass is 10.1. The summed E-state index contributed by atoms with van der Waals surface area (Å²) in [7, 11) is 0. The quantitative estimate of drug-likeness (QED) is 0.851. The summed E-state index contributed by atoms with van der Waals surface area (Å²) in [6.45, 7) is 3.77. The lowest BCUT2D eigenvalue weighted by molar-refractivity contribution is 0.0919. The van der Waals surface area contributed by atoms with E-state index in [1.54, 1.807) is 6.07 Å². The van der Waals surface area contributed by atoms with Crippen molar-refractivity contribution < 1.29 is 4.79 Å². The Hall–Kier alpha value is -0.540. The van der Waals surface area contributed by atoms with E-state index in [4.69, 9.17) is 11.6 Å². The molecule has 0 saturated carbocycles. The highest BCUT2D eigenvalue weighted by Crippen LogP contribution is 2.17. The van der Waals surface area contributed by atoms with Crippen LogP contribution >= 0.6 is 27.5 Å². The SMILES string of the molecule is CC(C)(CCl)NC(=O)c1ccccc1Br. The van der Waals surface area contributed by atoms with Crippen molar-refractivity contribution in [3.8, 4) is 0 Å². The molecule has 1 aromatic rings. The van der Waals surface area contributed by atoms with E-state index >= 15 is 0 Å². The highest BCUT2D eigenvalue weighted by atomic mass is 79.9. The van der Waals surface area contributed by atoms with Crippen LogP contribution < -0.4 is 5.32 Å². The average Bonchev–Trinajstić information content (AvgIpc) is 2.17. The predicted octanol–water partition coefficient (Wildman–Crippen LogP) is 3.20. The van der Waals surface area contributed by atoms with Crippen molar-refractivity contribution in [3.05, 3.63) is 34.3 Å². The number of nitrogens with one attached hydrogen (secondary N) is 1. The average molecular weight is 291 g/mol. The second kappa shape index (κ2) is 4.99. The van der Waals surface area contributed by atoms with Gasteiger partial charge in [-0.1, -0.05) is 12.1 Å². The van der Waals surface area contributed by atoms with E-state index in [9.17, 15) is 4.79 Å². The molecule has 0 radical (unpaired) electrons. The van der Waals surface area contributed by atoms with E-state index in [1.807, 2.05) is 32.0 Å². The van der Waals surface area contributed by atoms with Gasteiger partial charge >= 0.3 is 0 Å². The van der Waals surface area contributed by atoms with Crippen LogP contribution in [0.5, 0.6) is 0 Å². The van der Waals surface area contributed by atoms with Gasteiger partial charge in [0.2, 0.25) is 0 Å². The molecular formula is C11H13BrClNO. The zero-order valence-electron chi connectivity index (χ0n) is 8.68. The van der Waals surface area contributed by atoms with Crippen LogP contribution in [0.25, 0.3) is 0 Å². The van der Waals surface area contributed by atoms with Crippen LogP contribution in [0.1, 0.15) is 24.2 Å². The van der Waals surface area contributed by atoms with Gasteiger partial charge in [0.25, 0.3) is 5.91 Å². The fourth-order valence-corrected chi connectivity index (χ4v) is 1.59. The molecule has 0 saturated heterocycles. The monoisotopic (exact) mass is 289 g/mol. The summed E-state index contributed by atoms with van der Waals surface area (Å²) in [6.07, 6.45) is 0. The van der Waals surface area contributed by atoms with Crippen LogP contribution in [0.4, 0.5) is 0 Å². The second-order valence-corrected chi connectivity index (χ2v) is 5.07. The second-order valence-electron chi connectivity index (χ2n) is 3.95. The zero-order chi connectivity index (χ0) is 11.5. The van der Waals surface area contributed by atoms with Gasteiger partial charge in [-0.25, -0.2) is 0 Å². The first-order valence-corrected chi connectivity index (χ1v) is 5.92. The number of halogens is 2. The van der Waals surface area contributed by atoms with Gasteiger partial charge in [-0.15, -0.1) is 11.6 Å². The Bertz CT molecular complexity index is 365. The number of carbonyl (C=O) groups is 1. The molecule has 0 aromatic heterocycles. The van der Waals surface area contributed by atoms with E-state index < -0.39 is 5.54 Å². The molecule has 1 rings (SSSR count). The topological polar surface area (TPSA) is 29.1 Å². The molecule has 4 heteroatoms. The van der Waals surface area contributed by atoms with Gasteiger partial charge in [0.15, 0.2) is 0 Å². The third kappa shape index (κ3) is 3.50. The Morgan fingerprint density at radius 2 is 2.07 bits per heavy atom. The number of alkyl halides is 1. The minimum absolute atomic E-state index is 0.117. The number of benzene rings is 1. The fraction of sp³-hybridized carbons (Fsp3) is 0.364. The lowest BCUT2D eigenvalue weighted by Crippen LogP contribution is -2.45. The zero-order valence-corrected chi connectivity index (χ0v) is 11.0. The van der Waals surface area contributed by atoms with E-state index in [0.29, 0.717) is 11.4 Å². The summed E-state index contributed by atoms with van der Waals surface area (Å²) in [5.74, 6) is 0.261. The van der Waals surface area contributed by atoms with Gasteiger partial charge in [0.05, 0.1) is 5.56 Å². The summed E-state index contributed by atoms with van der Waals surface area (Å²) in [5.41, 5.74) is 0.226. The lowest BCUT2D eigenvalue weighted by Gasteiger charge is -2.23. The fourth-order valence-electron chi connectivity index (χ4n) is 1.05. The molecule has 0 spiro atoms. The van der Waals surface area contributed by atoms with Gasteiger partial charge < -0.3 is 5.32 Å². The molecule has 2 nitrogen and oxygen atoms in total. The van der Waals surface area contributed by atoms with E-state index in [2.05, 4.69) is 21.2 Å². The number of rotatable bonds is 3. The van der Waals surface area contributed by atoms with Gasteiger partial charge in [0, 0.05) is 15.9 Å². The van der Waals surface area contributed by atoms with E-state index in [-0.39, 0.29) is 5.91 Å². The first kappa shape index (κ1) is 12.5. The van der Waals surface area contributed by atoms with Crippen LogP contribution in [-0.4, -0.2) is 17.3 Å². The molecule has 0 bridgehead atoms. The van der Waals surface area contributed by atoms with Crippen LogP contribution in [0.2, 0.25) is 0 Å². The van der Waals surface area contributed by atoms with Crippen LogP contribution in [0, 0.1) is 0 Å². The van der Waals surface area contributed by atoms with Crippen molar-refractivity contribution in [1.82, 2.24) is 5.32 Å². The van der Waals surface area contributed by atoms with Crippen LogP contribution in [-0.2, 0) is 0 Å². The Kier molecular flexibility index (Phi) is 4.17. The largest absolute Gasteiger partial charge is 0.346 e. The molecular weight excluding hydrogens is 277 g/mol. The van der Waals surface area contributed by atoms with Gasteiger partial charge in [-0.3, -0.25) is 4.79 Å². The molecule has 0 unspecified atom stereocenters. The summed E-state index contributed by atoms with van der Waals surface area (Å²) >= 11 is 9.07. The molecule has 0 aliphatic rings. The molecule has 0 aliphatic heterocycles. The Morgan fingerprint density at radius 3 is 2.60 bits per heavy atom. The van der Waals surface area contributed by atoms with E-state index in [0.717, 1.165) is 4.47 Å². The number of hydrogen-bond donors (Lipinski definition) is 1. The van der Waals surface area contributed by atoms with Gasteiger partial charge in [0.1, 0.15) is 0 Å². The number of amides is 1. The molecule has 1 amide bonds. The number of hydrogen-bond acceptors (Lipinski definition) is 1. The Morgan fingerprint density at radius 1 is 1.47 bits per heavy atom. The first-order chi connectivity index (χ1) is 6.96. The normalized spacial score (nSPS) is 11.2. The Balaban J connectivity index is 2.83. The minimum Gasteiger partial charge on any atom is -0.346 e. The molecule has 82 valence electrons. The third-order valence-electron chi connectivity index (χ3n) is 1.90. The van der Waals surface area contributed by atoms with Crippen molar-refractivity contribution in [2.45, 2.75) is 19.4 Å². The number of carbonyl (C=O) groups excluding carboxylic acids is 1. The molecule has 0 fully saturated rings. The predicted molar refractivity (Wildman–Crippen MR) is 66.4 cm³/mol. The summed E-state index contributed by atoms with van der Waals surface area (Å²) in [4.78, 5) is 11.8. The van der Waals surface area contributed by atoms with Gasteiger partial charge in [-0.2, -0.15) is 0 Å². The molecule has 15 heavy (non-hydrogen) atoms. The third-order valence-corrected chi connectivity index (χ3v) is 3.26.